The fraction of sp³-hybridized carbons (Fsp3) is 0.250. The van der Waals surface area contributed by atoms with Gasteiger partial charge >= 0.3 is 0 Å². The molecule has 0 unspecified atom stereocenters. The van der Waals surface area contributed by atoms with Gasteiger partial charge in [0.25, 0.3) is 0 Å². The molecule has 0 radical (unpaired) electrons. The van der Waals surface area contributed by atoms with Crippen LogP contribution in [-0.2, 0) is 6.54 Å². The van der Waals surface area contributed by atoms with Crippen molar-refractivity contribution in [2.45, 2.75) is 11.4 Å². The third-order valence-electron chi connectivity index (χ3n) is 3.11. The summed E-state index contributed by atoms with van der Waals surface area (Å²) in [6, 6.07) is 11.4. The maximum Gasteiger partial charge on any atom is 0.211 e. The van der Waals surface area contributed by atoms with Crippen LogP contribution in [0, 0.1) is 0 Å². The van der Waals surface area contributed by atoms with Crippen LogP contribution in [0.1, 0.15) is 5.56 Å². The topological polar surface area (TPSA) is 53.7 Å². The highest BCUT2D eigenvalue weighted by molar-refractivity contribution is 7.98. The molecule has 2 aromatic carbocycles. The molecule has 2 aromatic rings. The van der Waals surface area contributed by atoms with Crippen molar-refractivity contribution in [3.63, 3.8) is 0 Å². The van der Waals surface area contributed by atoms with Gasteiger partial charge < -0.3 is 19.9 Å². The molecule has 21 heavy (non-hydrogen) atoms. The SMILES string of the molecule is COc1cccc(OC)c1Oc1cccc(SC)c1CN. The molecule has 0 saturated heterocycles. The minimum atomic E-state index is 0.407. The number of ether oxygens (including phenoxy) is 3. The smallest absolute Gasteiger partial charge is 0.211 e. The van der Waals surface area contributed by atoms with Gasteiger partial charge in [0, 0.05) is 17.0 Å². The summed E-state index contributed by atoms with van der Waals surface area (Å²) in [5.41, 5.74) is 6.84. The molecule has 0 spiro atoms. The minimum absolute atomic E-state index is 0.407. The predicted molar refractivity (Wildman–Crippen MR) is 85.7 cm³/mol. The summed E-state index contributed by atoms with van der Waals surface area (Å²) in [4.78, 5) is 1.10. The van der Waals surface area contributed by atoms with Gasteiger partial charge in [0.15, 0.2) is 11.5 Å². The van der Waals surface area contributed by atoms with E-state index < -0.39 is 0 Å². The fourth-order valence-electron chi connectivity index (χ4n) is 2.06. The van der Waals surface area contributed by atoms with Gasteiger partial charge in [0.1, 0.15) is 5.75 Å². The predicted octanol–water partition coefficient (Wildman–Crippen LogP) is 3.68. The Morgan fingerprint density at radius 3 is 2.05 bits per heavy atom. The largest absolute Gasteiger partial charge is 0.493 e. The first-order valence-corrected chi connectivity index (χ1v) is 7.72. The highest BCUT2D eigenvalue weighted by atomic mass is 32.2. The quantitative estimate of drug-likeness (QED) is 0.825. The lowest BCUT2D eigenvalue weighted by molar-refractivity contribution is 0.345. The first-order valence-electron chi connectivity index (χ1n) is 6.50. The first kappa shape index (κ1) is 15.5. The fourth-order valence-corrected chi connectivity index (χ4v) is 2.71. The molecule has 0 aliphatic rings. The van der Waals surface area contributed by atoms with Crippen LogP contribution in [0.2, 0.25) is 0 Å². The van der Waals surface area contributed by atoms with Crippen molar-refractivity contribution < 1.29 is 14.2 Å². The molecule has 0 aliphatic heterocycles. The molecule has 0 fully saturated rings. The Morgan fingerprint density at radius 2 is 1.52 bits per heavy atom. The van der Waals surface area contributed by atoms with Gasteiger partial charge in [-0.25, -0.2) is 0 Å². The van der Waals surface area contributed by atoms with E-state index in [0.29, 0.717) is 29.5 Å². The van der Waals surface area contributed by atoms with E-state index in [-0.39, 0.29) is 0 Å². The molecule has 5 heteroatoms. The van der Waals surface area contributed by atoms with Crippen LogP contribution in [-0.4, -0.2) is 20.5 Å². The number of methoxy groups -OCH3 is 2. The van der Waals surface area contributed by atoms with Gasteiger partial charge in [-0.2, -0.15) is 0 Å². The lowest BCUT2D eigenvalue weighted by Crippen LogP contribution is -2.02. The van der Waals surface area contributed by atoms with Crippen LogP contribution in [0.3, 0.4) is 0 Å². The highest BCUT2D eigenvalue weighted by Crippen LogP contribution is 2.41. The molecule has 2 N–H and O–H groups in total. The van der Waals surface area contributed by atoms with E-state index >= 15 is 0 Å². The number of para-hydroxylation sites is 1. The minimum Gasteiger partial charge on any atom is -0.493 e. The van der Waals surface area contributed by atoms with Crippen molar-refractivity contribution in [3.05, 3.63) is 42.0 Å². The number of hydrogen-bond acceptors (Lipinski definition) is 5. The number of thioether (sulfide) groups is 1. The van der Waals surface area contributed by atoms with E-state index in [2.05, 4.69) is 0 Å². The van der Waals surface area contributed by atoms with Crippen LogP contribution in [0.15, 0.2) is 41.3 Å². The second-order valence-corrected chi connectivity index (χ2v) is 5.08. The van der Waals surface area contributed by atoms with Gasteiger partial charge in [-0.05, 0) is 30.5 Å². The van der Waals surface area contributed by atoms with Crippen LogP contribution in [0.5, 0.6) is 23.0 Å². The Hall–Kier alpha value is -1.85. The Balaban J connectivity index is 2.47. The van der Waals surface area contributed by atoms with Gasteiger partial charge in [-0.3, -0.25) is 0 Å². The Morgan fingerprint density at radius 1 is 0.952 bits per heavy atom. The van der Waals surface area contributed by atoms with E-state index in [0.717, 1.165) is 10.5 Å². The summed E-state index contributed by atoms with van der Waals surface area (Å²) in [7, 11) is 3.20. The Bertz CT molecular complexity index is 594. The second kappa shape index (κ2) is 7.24. The molecule has 0 heterocycles. The standard InChI is InChI=1S/C16H19NO3S/c1-18-13-7-4-8-14(19-2)16(13)20-12-6-5-9-15(21-3)11(12)10-17/h4-9H,10,17H2,1-3H3. The zero-order chi connectivity index (χ0) is 15.2. The molecule has 2 rings (SSSR count). The Labute approximate surface area is 129 Å². The van der Waals surface area contributed by atoms with Gasteiger partial charge in [0.05, 0.1) is 14.2 Å². The molecule has 4 nitrogen and oxygen atoms in total. The summed E-state index contributed by atoms with van der Waals surface area (Å²) in [5.74, 6) is 2.50. The first-order chi connectivity index (χ1) is 10.2. The molecule has 0 bridgehead atoms. The lowest BCUT2D eigenvalue weighted by atomic mass is 10.2. The van der Waals surface area contributed by atoms with Crippen LogP contribution < -0.4 is 19.9 Å². The Kier molecular flexibility index (Phi) is 5.36. The van der Waals surface area contributed by atoms with Crippen LogP contribution in [0.25, 0.3) is 0 Å². The third kappa shape index (κ3) is 3.25. The van der Waals surface area contributed by atoms with E-state index in [4.69, 9.17) is 19.9 Å². The number of nitrogens with two attached hydrogens (primary N) is 1. The maximum absolute atomic E-state index is 6.04. The van der Waals surface area contributed by atoms with E-state index in [1.54, 1.807) is 26.0 Å². The molecular formula is C16H19NO3S. The molecule has 0 aliphatic carbocycles. The van der Waals surface area contributed by atoms with Crippen molar-refractivity contribution in [3.8, 4) is 23.0 Å². The maximum atomic E-state index is 6.04. The number of benzene rings is 2. The van der Waals surface area contributed by atoms with Crippen molar-refractivity contribution >= 4 is 11.8 Å². The zero-order valence-corrected chi connectivity index (χ0v) is 13.2. The van der Waals surface area contributed by atoms with Crippen LogP contribution >= 0.6 is 11.8 Å². The zero-order valence-electron chi connectivity index (χ0n) is 12.4. The summed E-state index contributed by atoms with van der Waals surface area (Å²) in [5, 5.41) is 0. The van der Waals surface area contributed by atoms with Crippen molar-refractivity contribution in [2.75, 3.05) is 20.5 Å². The molecule has 0 amide bonds. The number of hydrogen-bond donors (Lipinski definition) is 1. The molecular weight excluding hydrogens is 286 g/mol. The summed E-state index contributed by atoms with van der Waals surface area (Å²) in [6.45, 7) is 0.407. The van der Waals surface area contributed by atoms with Crippen molar-refractivity contribution in [1.29, 1.82) is 0 Å². The van der Waals surface area contributed by atoms with Gasteiger partial charge in [-0.1, -0.05) is 12.1 Å². The van der Waals surface area contributed by atoms with Gasteiger partial charge in [0.2, 0.25) is 5.75 Å². The monoisotopic (exact) mass is 305 g/mol. The summed E-state index contributed by atoms with van der Waals surface area (Å²) in [6.07, 6.45) is 2.02. The summed E-state index contributed by atoms with van der Waals surface area (Å²) >= 11 is 1.64. The lowest BCUT2D eigenvalue weighted by Gasteiger charge is -2.17. The van der Waals surface area contributed by atoms with Crippen molar-refractivity contribution in [1.82, 2.24) is 0 Å². The summed E-state index contributed by atoms with van der Waals surface area (Å²) < 4.78 is 16.7. The van der Waals surface area contributed by atoms with E-state index in [9.17, 15) is 0 Å². The normalized spacial score (nSPS) is 10.3. The molecule has 112 valence electrons. The van der Waals surface area contributed by atoms with E-state index in [1.165, 1.54) is 0 Å². The molecule has 0 aromatic heterocycles. The average molecular weight is 305 g/mol. The highest BCUT2D eigenvalue weighted by Gasteiger charge is 2.15. The molecule has 0 atom stereocenters. The van der Waals surface area contributed by atoms with Crippen LogP contribution in [0.4, 0.5) is 0 Å². The third-order valence-corrected chi connectivity index (χ3v) is 3.93. The van der Waals surface area contributed by atoms with Gasteiger partial charge in [-0.15, -0.1) is 11.8 Å². The average Bonchev–Trinajstić information content (AvgIpc) is 2.54. The van der Waals surface area contributed by atoms with E-state index in [1.807, 2.05) is 42.7 Å². The number of rotatable bonds is 6. The second-order valence-electron chi connectivity index (χ2n) is 4.23. The molecule has 0 saturated carbocycles. The van der Waals surface area contributed by atoms with Crippen molar-refractivity contribution in [2.24, 2.45) is 5.73 Å².